The molecule has 0 radical (unpaired) electrons. The van der Waals surface area contributed by atoms with Crippen molar-refractivity contribution in [3.8, 4) is 0 Å². The van der Waals surface area contributed by atoms with Gasteiger partial charge in [-0.1, -0.05) is 0 Å². The third kappa shape index (κ3) is 3.74. The maximum absolute atomic E-state index is 12.7. The summed E-state index contributed by atoms with van der Waals surface area (Å²) in [6, 6.07) is 0.320. The number of thiazole rings is 1. The number of amides is 2. The molecule has 0 bridgehead atoms. The number of hydrogen-bond acceptors (Lipinski definition) is 6. The van der Waals surface area contributed by atoms with Crippen molar-refractivity contribution in [1.82, 2.24) is 24.9 Å². The standard InChI is InChI=1S/C18H25N5O3S/c1-10-11(2)27-18-21-9-14(17(26)23(10)18)16(25)20-8-13-6-5-12(22(13)4)7-15(24)19-3/h9,12-13H,5-8H2,1-4H3,(H,19,24)(H,20,25)/t12-,13+/m1/s1. The molecular weight excluding hydrogens is 366 g/mol. The second-order valence-corrected chi connectivity index (χ2v) is 8.16. The normalized spacial score (nSPS) is 20.1. The summed E-state index contributed by atoms with van der Waals surface area (Å²) in [6.45, 7) is 4.21. The molecule has 2 N–H and O–H groups in total. The molecule has 27 heavy (non-hydrogen) atoms. The molecule has 0 saturated carbocycles. The Bertz CT molecular complexity index is 935. The molecule has 146 valence electrons. The maximum Gasteiger partial charge on any atom is 0.271 e. The van der Waals surface area contributed by atoms with E-state index in [1.807, 2.05) is 20.9 Å². The van der Waals surface area contributed by atoms with Gasteiger partial charge in [0, 0.05) is 48.9 Å². The molecule has 1 saturated heterocycles. The van der Waals surface area contributed by atoms with Crippen LogP contribution in [0.25, 0.3) is 4.96 Å². The van der Waals surface area contributed by atoms with Gasteiger partial charge in [-0.05, 0) is 33.7 Å². The highest BCUT2D eigenvalue weighted by atomic mass is 32.1. The summed E-state index contributed by atoms with van der Waals surface area (Å²) in [5.74, 6) is -0.390. The first-order chi connectivity index (χ1) is 12.8. The lowest BCUT2D eigenvalue weighted by atomic mass is 10.1. The molecule has 3 heterocycles. The first kappa shape index (κ1) is 19.5. The SMILES string of the molecule is CNC(=O)C[C@H]1CC[C@@H](CNC(=O)c2cnc3sc(C)c(C)n3c2=O)N1C. The number of carbonyl (C=O) groups excluding carboxylic acids is 2. The van der Waals surface area contributed by atoms with Crippen molar-refractivity contribution in [1.29, 1.82) is 0 Å². The second-order valence-electron chi connectivity index (χ2n) is 6.98. The Hall–Kier alpha value is -2.26. The van der Waals surface area contributed by atoms with Crippen molar-refractivity contribution in [2.24, 2.45) is 0 Å². The Kier molecular flexibility index (Phi) is 5.61. The van der Waals surface area contributed by atoms with Gasteiger partial charge in [0.05, 0.1) is 0 Å². The van der Waals surface area contributed by atoms with Crippen LogP contribution in [0, 0.1) is 13.8 Å². The molecule has 1 fully saturated rings. The number of aromatic nitrogens is 2. The Labute approximate surface area is 161 Å². The predicted octanol–water partition coefficient (Wildman–Crippen LogP) is 0.702. The molecule has 1 aliphatic heterocycles. The van der Waals surface area contributed by atoms with Crippen molar-refractivity contribution >= 4 is 28.1 Å². The van der Waals surface area contributed by atoms with Crippen molar-refractivity contribution < 1.29 is 9.59 Å². The van der Waals surface area contributed by atoms with E-state index in [2.05, 4.69) is 20.5 Å². The van der Waals surface area contributed by atoms with Crippen LogP contribution in [0.2, 0.25) is 0 Å². The minimum absolute atomic E-state index is 0.0189. The van der Waals surface area contributed by atoms with Crippen LogP contribution in [0.1, 0.15) is 40.2 Å². The molecule has 2 atom stereocenters. The highest BCUT2D eigenvalue weighted by Crippen LogP contribution is 2.24. The van der Waals surface area contributed by atoms with Gasteiger partial charge in [-0.2, -0.15) is 0 Å². The molecule has 2 amide bonds. The Morgan fingerprint density at radius 2 is 2.00 bits per heavy atom. The van der Waals surface area contributed by atoms with Gasteiger partial charge in [0.25, 0.3) is 11.5 Å². The molecule has 0 aliphatic carbocycles. The Balaban J connectivity index is 1.67. The van der Waals surface area contributed by atoms with Crippen LogP contribution in [0.15, 0.2) is 11.0 Å². The van der Waals surface area contributed by atoms with Gasteiger partial charge in [-0.25, -0.2) is 4.98 Å². The van der Waals surface area contributed by atoms with E-state index in [9.17, 15) is 14.4 Å². The van der Waals surface area contributed by atoms with E-state index in [1.54, 1.807) is 7.05 Å². The van der Waals surface area contributed by atoms with Crippen molar-refractivity contribution in [2.45, 2.75) is 45.2 Å². The minimum atomic E-state index is -0.409. The van der Waals surface area contributed by atoms with Crippen molar-refractivity contribution in [3.05, 3.63) is 32.7 Å². The first-order valence-corrected chi connectivity index (χ1v) is 9.83. The zero-order valence-electron chi connectivity index (χ0n) is 16.0. The van der Waals surface area contributed by atoms with Crippen LogP contribution in [0.4, 0.5) is 0 Å². The second kappa shape index (κ2) is 7.77. The largest absolute Gasteiger partial charge is 0.359 e. The quantitative estimate of drug-likeness (QED) is 0.782. The van der Waals surface area contributed by atoms with E-state index in [-0.39, 0.29) is 29.1 Å². The van der Waals surface area contributed by atoms with Crippen LogP contribution < -0.4 is 16.2 Å². The maximum atomic E-state index is 12.7. The Morgan fingerprint density at radius 1 is 1.30 bits per heavy atom. The predicted molar refractivity (Wildman–Crippen MR) is 104 cm³/mol. The van der Waals surface area contributed by atoms with Crippen LogP contribution in [-0.2, 0) is 4.79 Å². The van der Waals surface area contributed by atoms with E-state index in [0.29, 0.717) is 17.9 Å². The van der Waals surface area contributed by atoms with Gasteiger partial charge in [-0.15, -0.1) is 11.3 Å². The number of carbonyl (C=O) groups is 2. The van der Waals surface area contributed by atoms with E-state index < -0.39 is 5.91 Å². The summed E-state index contributed by atoms with van der Waals surface area (Å²) < 4.78 is 1.50. The fourth-order valence-corrected chi connectivity index (χ4v) is 4.47. The highest BCUT2D eigenvalue weighted by Gasteiger charge is 2.32. The first-order valence-electron chi connectivity index (χ1n) is 9.02. The van der Waals surface area contributed by atoms with Gasteiger partial charge < -0.3 is 10.6 Å². The van der Waals surface area contributed by atoms with Gasteiger partial charge >= 0.3 is 0 Å². The van der Waals surface area contributed by atoms with Crippen LogP contribution >= 0.6 is 11.3 Å². The lowest BCUT2D eigenvalue weighted by Crippen LogP contribution is -2.43. The minimum Gasteiger partial charge on any atom is -0.359 e. The number of fused-ring (bicyclic) bond motifs is 1. The molecule has 3 rings (SSSR count). The fraction of sp³-hybridized carbons (Fsp3) is 0.556. The number of hydrogen-bond donors (Lipinski definition) is 2. The summed E-state index contributed by atoms with van der Waals surface area (Å²) in [7, 11) is 3.60. The molecule has 8 nitrogen and oxygen atoms in total. The number of likely N-dealkylation sites (N-methyl/N-ethyl adjacent to an activating group) is 1. The molecule has 2 aromatic heterocycles. The molecule has 0 aromatic carbocycles. The van der Waals surface area contributed by atoms with E-state index >= 15 is 0 Å². The van der Waals surface area contributed by atoms with Crippen LogP contribution in [0.5, 0.6) is 0 Å². The van der Waals surface area contributed by atoms with Gasteiger partial charge in [0.2, 0.25) is 5.91 Å². The fourth-order valence-electron chi connectivity index (χ4n) is 3.54. The molecule has 9 heteroatoms. The summed E-state index contributed by atoms with van der Waals surface area (Å²) in [6.07, 6.45) is 3.62. The summed E-state index contributed by atoms with van der Waals surface area (Å²) >= 11 is 1.44. The lowest BCUT2D eigenvalue weighted by molar-refractivity contribution is -0.121. The van der Waals surface area contributed by atoms with E-state index in [0.717, 1.165) is 23.4 Å². The molecule has 0 unspecified atom stereocenters. The van der Waals surface area contributed by atoms with Crippen molar-refractivity contribution in [3.63, 3.8) is 0 Å². The molecule has 1 aliphatic rings. The number of likely N-dealkylation sites (tertiary alicyclic amines) is 1. The summed E-state index contributed by atoms with van der Waals surface area (Å²) in [5.41, 5.74) is 0.530. The van der Waals surface area contributed by atoms with E-state index in [4.69, 9.17) is 0 Å². The third-order valence-corrected chi connectivity index (χ3v) is 6.52. The zero-order valence-corrected chi connectivity index (χ0v) is 16.9. The number of rotatable bonds is 5. The molecular formula is C18H25N5O3S. The Morgan fingerprint density at radius 3 is 2.70 bits per heavy atom. The van der Waals surface area contributed by atoms with Crippen LogP contribution in [-0.4, -0.2) is 58.8 Å². The molecule has 0 spiro atoms. The summed E-state index contributed by atoms with van der Waals surface area (Å²) in [5, 5.41) is 5.51. The highest BCUT2D eigenvalue weighted by molar-refractivity contribution is 7.17. The lowest BCUT2D eigenvalue weighted by Gasteiger charge is -2.25. The summed E-state index contributed by atoms with van der Waals surface area (Å²) in [4.78, 5) is 44.8. The average molecular weight is 391 g/mol. The van der Waals surface area contributed by atoms with Crippen LogP contribution in [0.3, 0.4) is 0 Å². The van der Waals surface area contributed by atoms with Gasteiger partial charge in [-0.3, -0.25) is 23.7 Å². The average Bonchev–Trinajstić information content (AvgIpc) is 3.13. The monoisotopic (exact) mass is 391 g/mol. The number of nitrogens with zero attached hydrogens (tertiary/aromatic N) is 3. The third-order valence-electron chi connectivity index (χ3n) is 5.45. The van der Waals surface area contributed by atoms with Crippen molar-refractivity contribution in [2.75, 3.05) is 20.6 Å². The van der Waals surface area contributed by atoms with E-state index in [1.165, 1.54) is 21.9 Å². The molecule has 2 aromatic rings. The smallest absolute Gasteiger partial charge is 0.271 e. The van der Waals surface area contributed by atoms with Gasteiger partial charge in [0.15, 0.2) is 4.96 Å². The zero-order chi connectivity index (χ0) is 19.7. The topological polar surface area (TPSA) is 95.8 Å². The number of aryl methyl sites for hydroxylation is 2. The number of nitrogens with one attached hydrogen (secondary N) is 2. The van der Waals surface area contributed by atoms with Gasteiger partial charge in [0.1, 0.15) is 5.56 Å².